The number of hydrogen-bond donors (Lipinski definition) is 0. The Balaban J connectivity index is 1.93. The molecule has 4 aromatic carbocycles. The van der Waals surface area contributed by atoms with E-state index in [0.717, 1.165) is 0 Å². The van der Waals surface area contributed by atoms with Crippen LogP contribution in [0, 0.1) is 13.8 Å². The summed E-state index contributed by atoms with van der Waals surface area (Å²) in [6.45, 7) is 4.33. The number of hydrogen-bond acceptors (Lipinski definition) is 0. The van der Waals surface area contributed by atoms with Crippen molar-refractivity contribution in [1.82, 2.24) is 0 Å². The molecule has 0 heteroatoms. The fourth-order valence-electron chi connectivity index (χ4n) is 4.34. The molecule has 0 nitrogen and oxygen atoms in total. The molecule has 134 valence electrons. The minimum absolute atomic E-state index is 1.27. The SMILES string of the molecule is Cc1cccc(C(=C2c3ccccc3-c3ccccc32)c2cccc(C)c2)c1. The van der Waals surface area contributed by atoms with Crippen molar-refractivity contribution >= 4 is 11.1 Å². The van der Waals surface area contributed by atoms with Crippen LogP contribution < -0.4 is 0 Å². The van der Waals surface area contributed by atoms with E-state index >= 15 is 0 Å². The molecule has 5 rings (SSSR count). The summed E-state index contributed by atoms with van der Waals surface area (Å²) >= 11 is 0. The zero-order valence-electron chi connectivity index (χ0n) is 16.2. The smallest absolute Gasteiger partial charge is 0.00143 e. The van der Waals surface area contributed by atoms with Gasteiger partial charge in [0.2, 0.25) is 0 Å². The minimum Gasteiger partial charge on any atom is -0.0616 e. The van der Waals surface area contributed by atoms with Crippen molar-refractivity contribution in [1.29, 1.82) is 0 Å². The maximum atomic E-state index is 2.30. The molecule has 0 aliphatic heterocycles. The Morgan fingerprint density at radius 2 is 0.893 bits per heavy atom. The highest BCUT2D eigenvalue weighted by atomic mass is 14.3. The number of fused-ring (bicyclic) bond motifs is 3. The fraction of sp³-hybridized carbons (Fsp3) is 0.0714. The molecule has 1 aliphatic carbocycles. The molecule has 0 aromatic heterocycles. The third-order valence-electron chi connectivity index (χ3n) is 5.55. The lowest BCUT2D eigenvalue weighted by Crippen LogP contribution is -1.95. The lowest BCUT2D eigenvalue weighted by molar-refractivity contribution is 1.41. The van der Waals surface area contributed by atoms with E-state index in [1.807, 2.05) is 0 Å². The minimum atomic E-state index is 1.27. The van der Waals surface area contributed by atoms with Crippen molar-refractivity contribution in [2.45, 2.75) is 13.8 Å². The Labute approximate surface area is 166 Å². The predicted octanol–water partition coefficient (Wildman–Crippen LogP) is 7.29. The first-order valence-corrected chi connectivity index (χ1v) is 9.80. The van der Waals surface area contributed by atoms with Crippen LogP contribution in [0.1, 0.15) is 33.4 Å². The molecule has 28 heavy (non-hydrogen) atoms. The van der Waals surface area contributed by atoms with Crippen LogP contribution in [-0.2, 0) is 0 Å². The van der Waals surface area contributed by atoms with Gasteiger partial charge in [-0.1, -0.05) is 108 Å². The summed E-state index contributed by atoms with van der Waals surface area (Å²) < 4.78 is 0. The van der Waals surface area contributed by atoms with Crippen molar-refractivity contribution in [2.75, 3.05) is 0 Å². The van der Waals surface area contributed by atoms with Crippen LogP contribution in [0.25, 0.3) is 22.3 Å². The summed E-state index contributed by atoms with van der Waals surface area (Å²) in [7, 11) is 0. The van der Waals surface area contributed by atoms with E-state index in [4.69, 9.17) is 0 Å². The van der Waals surface area contributed by atoms with Crippen LogP contribution in [-0.4, -0.2) is 0 Å². The summed E-state index contributed by atoms with van der Waals surface area (Å²) in [6, 6.07) is 35.3. The molecule has 0 radical (unpaired) electrons. The highest BCUT2D eigenvalue weighted by Gasteiger charge is 2.26. The van der Waals surface area contributed by atoms with Crippen LogP contribution in [0.4, 0.5) is 0 Å². The predicted molar refractivity (Wildman–Crippen MR) is 119 cm³/mol. The number of aryl methyl sites for hydroxylation is 2. The molecule has 4 aromatic rings. The molecule has 0 spiro atoms. The molecule has 0 N–H and O–H groups in total. The molecule has 0 saturated heterocycles. The molecule has 1 aliphatic rings. The van der Waals surface area contributed by atoms with Gasteiger partial charge in [0.15, 0.2) is 0 Å². The van der Waals surface area contributed by atoms with E-state index in [1.165, 1.54) is 55.7 Å². The molecule has 0 unspecified atom stereocenters. The van der Waals surface area contributed by atoms with Crippen LogP contribution in [0.5, 0.6) is 0 Å². The van der Waals surface area contributed by atoms with Crippen molar-refractivity contribution in [3.63, 3.8) is 0 Å². The van der Waals surface area contributed by atoms with Crippen molar-refractivity contribution in [3.8, 4) is 11.1 Å². The van der Waals surface area contributed by atoms with Crippen LogP contribution in [0.15, 0.2) is 97.1 Å². The highest BCUT2D eigenvalue weighted by molar-refractivity contribution is 6.13. The summed E-state index contributed by atoms with van der Waals surface area (Å²) in [5.41, 5.74) is 13.0. The number of rotatable bonds is 2. The maximum Gasteiger partial charge on any atom is -0.00143 e. The molecule has 0 amide bonds. The first-order valence-electron chi connectivity index (χ1n) is 9.80. The first kappa shape index (κ1) is 16.8. The van der Waals surface area contributed by atoms with Gasteiger partial charge in [-0.2, -0.15) is 0 Å². The molecular weight excluding hydrogens is 336 g/mol. The van der Waals surface area contributed by atoms with Crippen LogP contribution in [0.2, 0.25) is 0 Å². The average molecular weight is 358 g/mol. The Kier molecular flexibility index (Phi) is 3.98. The van der Waals surface area contributed by atoms with E-state index in [1.54, 1.807) is 0 Å². The van der Waals surface area contributed by atoms with Crippen molar-refractivity contribution < 1.29 is 0 Å². The van der Waals surface area contributed by atoms with E-state index < -0.39 is 0 Å². The van der Waals surface area contributed by atoms with Crippen LogP contribution >= 0.6 is 0 Å². The topological polar surface area (TPSA) is 0 Å². The zero-order valence-corrected chi connectivity index (χ0v) is 16.2. The maximum absolute atomic E-state index is 2.30. The van der Waals surface area contributed by atoms with Crippen molar-refractivity contribution in [3.05, 3.63) is 130 Å². The van der Waals surface area contributed by atoms with E-state index in [2.05, 4.69) is 111 Å². The molecule has 0 heterocycles. The lowest BCUT2D eigenvalue weighted by Gasteiger charge is -2.16. The van der Waals surface area contributed by atoms with E-state index in [0.29, 0.717) is 0 Å². The van der Waals surface area contributed by atoms with E-state index in [-0.39, 0.29) is 0 Å². The van der Waals surface area contributed by atoms with Crippen LogP contribution in [0.3, 0.4) is 0 Å². The van der Waals surface area contributed by atoms with Gasteiger partial charge in [-0.05, 0) is 58.4 Å². The van der Waals surface area contributed by atoms with Gasteiger partial charge in [0, 0.05) is 0 Å². The molecule has 0 saturated carbocycles. The van der Waals surface area contributed by atoms with Gasteiger partial charge in [0.05, 0.1) is 0 Å². The monoisotopic (exact) mass is 358 g/mol. The normalized spacial score (nSPS) is 11.9. The van der Waals surface area contributed by atoms with Gasteiger partial charge in [-0.15, -0.1) is 0 Å². The summed E-state index contributed by atoms with van der Waals surface area (Å²) in [4.78, 5) is 0. The highest BCUT2D eigenvalue weighted by Crippen LogP contribution is 2.48. The van der Waals surface area contributed by atoms with Gasteiger partial charge in [0.1, 0.15) is 0 Å². The second kappa shape index (κ2) is 6.65. The Bertz CT molecular complexity index is 1130. The van der Waals surface area contributed by atoms with E-state index in [9.17, 15) is 0 Å². The molecule has 0 fully saturated rings. The molecule has 0 atom stereocenters. The molecular formula is C28H22. The molecule has 0 bridgehead atoms. The quantitative estimate of drug-likeness (QED) is 0.311. The van der Waals surface area contributed by atoms with Gasteiger partial charge in [-0.3, -0.25) is 0 Å². The largest absolute Gasteiger partial charge is 0.0616 e. The van der Waals surface area contributed by atoms with Crippen molar-refractivity contribution in [2.24, 2.45) is 0 Å². The summed E-state index contributed by atoms with van der Waals surface area (Å²) in [5.74, 6) is 0. The van der Waals surface area contributed by atoms with Gasteiger partial charge >= 0.3 is 0 Å². The van der Waals surface area contributed by atoms with Gasteiger partial charge < -0.3 is 0 Å². The van der Waals surface area contributed by atoms with Gasteiger partial charge in [-0.25, -0.2) is 0 Å². The summed E-state index contributed by atoms with van der Waals surface area (Å²) in [6.07, 6.45) is 0. The Morgan fingerprint density at radius 1 is 0.464 bits per heavy atom. The first-order chi connectivity index (χ1) is 13.7. The van der Waals surface area contributed by atoms with Gasteiger partial charge in [0.25, 0.3) is 0 Å². The standard InChI is InChI=1S/C28H22/c1-19-9-7-11-21(17-19)27(22-12-8-10-20(2)18-22)28-25-15-5-3-13-23(25)24-14-4-6-16-26(24)28/h3-18H,1-2H3. The average Bonchev–Trinajstić information content (AvgIpc) is 3.03. The third-order valence-corrected chi connectivity index (χ3v) is 5.55. The third kappa shape index (κ3) is 2.70. The zero-order chi connectivity index (χ0) is 19.1. The second-order valence-corrected chi connectivity index (χ2v) is 7.58. The Morgan fingerprint density at radius 3 is 1.32 bits per heavy atom. The Hall–Kier alpha value is -3.38. The summed E-state index contributed by atoms with van der Waals surface area (Å²) in [5, 5.41) is 0. The second-order valence-electron chi connectivity index (χ2n) is 7.58. The number of benzene rings is 4. The fourth-order valence-corrected chi connectivity index (χ4v) is 4.34. The lowest BCUT2D eigenvalue weighted by atomic mass is 9.87.